The van der Waals surface area contributed by atoms with E-state index in [0.29, 0.717) is 18.5 Å². The molecule has 0 saturated carbocycles. The Hall–Kier alpha value is -2.00. The van der Waals surface area contributed by atoms with E-state index in [1.807, 2.05) is 20.8 Å². The maximum atomic E-state index is 12.4. The molecule has 1 atom stereocenters. The van der Waals surface area contributed by atoms with E-state index < -0.39 is 16.1 Å². The van der Waals surface area contributed by atoms with Crippen LogP contribution in [0.15, 0.2) is 21.5 Å². The van der Waals surface area contributed by atoms with Crippen LogP contribution in [0.25, 0.3) is 11.4 Å². The number of nitrogens with zero attached hydrogens (tertiary/aromatic N) is 4. The normalized spacial score (nSPS) is 18.8. The number of hydrogen-bond donors (Lipinski definition) is 0. The van der Waals surface area contributed by atoms with Gasteiger partial charge in [0, 0.05) is 19.3 Å². The van der Waals surface area contributed by atoms with Gasteiger partial charge in [-0.15, -0.1) is 0 Å². The predicted octanol–water partition coefficient (Wildman–Crippen LogP) is 1.48. The first-order valence-electron chi connectivity index (χ1n) is 8.22. The van der Waals surface area contributed by atoms with E-state index >= 15 is 0 Å². The Morgan fingerprint density at radius 2 is 2.00 bits per heavy atom. The van der Waals surface area contributed by atoms with Crippen LogP contribution in [0, 0.1) is 12.8 Å². The predicted molar refractivity (Wildman–Crippen MR) is 92.4 cm³/mol. The quantitative estimate of drug-likeness (QED) is 0.813. The van der Waals surface area contributed by atoms with E-state index in [4.69, 9.17) is 4.52 Å². The van der Waals surface area contributed by atoms with Crippen LogP contribution in [0.1, 0.15) is 37.9 Å². The minimum Gasteiger partial charge on any atom is -0.337 e. The summed E-state index contributed by atoms with van der Waals surface area (Å²) >= 11 is 0. The molecule has 0 amide bonds. The van der Waals surface area contributed by atoms with Crippen molar-refractivity contribution in [2.75, 3.05) is 12.3 Å². The zero-order chi connectivity index (χ0) is 18.4. The summed E-state index contributed by atoms with van der Waals surface area (Å²) in [4.78, 5) is 16.7. The van der Waals surface area contributed by atoms with Crippen molar-refractivity contribution in [2.24, 2.45) is 13.0 Å². The Morgan fingerprint density at radius 3 is 2.60 bits per heavy atom. The lowest BCUT2D eigenvalue weighted by Crippen LogP contribution is -2.33. The van der Waals surface area contributed by atoms with Crippen molar-refractivity contribution in [2.45, 2.75) is 33.2 Å². The number of sulfonamides is 1. The van der Waals surface area contributed by atoms with E-state index in [9.17, 15) is 13.2 Å². The molecule has 0 bridgehead atoms. The Labute approximate surface area is 146 Å². The standard InChI is InChI=1S/C16H22N4O4S/c1-10(2)13(20-8-5-9-25(20,22)23)15-17-14(18-24-15)12-7-6-11(3)19(4)16(12)21/h6-7,10,13H,5,8-9H2,1-4H3. The van der Waals surface area contributed by atoms with Gasteiger partial charge in [0.05, 0.1) is 11.3 Å². The van der Waals surface area contributed by atoms with Crippen LogP contribution in [0.5, 0.6) is 0 Å². The highest BCUT2D eigenvalue weighted by molar-refractivity contribution is 7.89. The molecule has 0 N–H and O–H groups in total. The molecule has 8 nitrogen and oxygen atoms in total. The first kappa shape index (κ1) is 17.8. The number of hydrogen-bond acceptors (Lipinski definition) is 6. The molecule has 0 aromatic carbocycles. The van der Waals surface area contributed by atoms with Crippen molar-refractivity contribution < 1.29 is 12.9 Å². The summed E-state index contributed by atoms with van der Waals surface area (Å²) in [6.07, 6.45) is 0.588. The van der Waals surface area contributed by atoms with Crippen LogP contribution < -0.4 is 5.56 Å². The molecule has 1 unspecified atom stereocenters. The third kappa shape index (κ3) is 3.13. The molecule has 3 rings (SSSR count). The summed E-state index contributed by atoms with van der Waals surface area (Å²) in [6, 6.07) is 2.93. The SMILES string of the molecule is Cc1ccc(-c2noc(C(C(C)C)N3CCCS3(=O)=O)n2)c(=O)n1C. The molecular formula is C16H22N4O4S. The van der Waals surface area contributed by atoms with Crippen molar-refractivity contribution >= 4 is 10.0 Å². The Kier molecular flexibility index (Phi) is 4.54. The van der Waals surface area contributed by atoms with Crippen LogP contribution >= 0.6 is 0 Å². The molecule has 1 aliphatic rings. The maximum Gasteiger partial charge on any atom is 0.261 e. The number of aromatic nitrogens is 3. The van der Waals surface area contributed by atoms with Crippen LogP contribution in [-0.4, -0.2) is 39.7 Å². The van der Waals surface area contributed by atoms with Crippen LogP contribution in [0.3, 0.4) is 0 Å². The van der Waals surface area contributed by atoms with Crippen molar-refractivity contribution in [1.82, 2.24) is 19.0 Å². The van der Waals surface area contributed by atoms with Gasteiger partial charge in [-0.3, -0.25) is 4.79 Å². The highest BCUT2D eigenvalue weighted by Crippen LogP contribution is 2.33. The summed E-state index contributed by atoms with van der Waals surface area (Å²) in [5.74, 6) is 0.494. The van der Waals surface area contributed by atoms with Crippen molar-refractivity contribution in [3.63, 3.8) is 0 Å². The summed E-state index contributed by atoms with van der Waals surface area (Å²) in [7, 11) is -1.64. The fourth-order valence-corrected chi connectivity index (χ4v) is 4.89. The Bertz CT molecular complexity index is 945. The fraction of sp³-hybridized carbons (Fsp3) is 0.562. The Morgan fingerprint density at radius 1 is 1.28 bits per heavy atom. The van der Waals surface area contributed by atoms with Crippen molar-refractivity contribution in [3.05, 3.63) is 34.1 Å². The molecule has 3 heterocycles. The first-order chi connectivity index (χ1) is 11.7. The van der Waals surface area contributed by atoms with E-state index in [1.54, 1.807) is 19.2 Å². The smallest absolute Gasteiger partial charge is 0.261 e. The minimum absolute atomic E-state index is 0.0398. The van der Waals surface area contributed by atoms with Gasteiger partial charge in [0.25, 0.3) is 5.56 Å². The average molecular weight is 366 g/mol. The minimum atomic E-state index is -3.32. The fourth-order valence-electron chi connectivity index (χ4n) is 3.07. The molecule has 0 aliphatic carbocycles. The molecule has 2 aromatic rings. The Balaban J connectivity index is 2.02. The number of rotatable bonds is 4. The first-order valence-corrected chi connectivity index (χ1v) is 9.83. The average Bonchev–Trinajstić information content (AvgIpc) is 3.13. The van der Waals surface area contributed by atoms with Crippen LogP contribution in [0.4, 0.5) is 0 Å². The van der Waals surface area contributed by atoms with Gasteiger partial charge in [-0.25, -0.2) is 8.42 Å². The molecule has 1 fully saturated rings. The van der Waals surface area contributed by atoms with E-state index in [1.165, 1.54) is 8.87 Å². The third-order valence-corrected chi connectivity index (χ3v) is 6.50. The molecule has 1 saturated heterocycles. The summed E-state index contributed by atoms with van der Waals surface area (Å²) in [5.41, 5.74) is 0.929. The molecular weight excluding hydrogens is 344 g/mol. The summed E-state index contributed by atoms with van der Waals surface area (Å²) < 4.78 is 32.9. The second kappa shape index (κ2) is 6.38. The molecule has 136 valence electrons. The van der Waals surface area contributed by atoms with Gasteiger partial charge in [0.15, 0.2) is 0 Å². The lowest BCUT2D eigenvalue weighted by atomic mass is 10.0. The van der Waals surface area contributed by atoms with Crippen molar-refractivity contribution in [1.29, 1.82) is 0 Å². The van der Waals surface area contributed by atoms with Gasteiger partial charge in [0.2, 0.25) is 21.7 Å². The van der Waals surface area contributed by atoms with Gasteiger partial charge in [0.1, 0.15) is 6.04 Å². The highest BCUT2D eigenvalue weighted by atomic mass is 32.2. The van der Waals surface area contributed by atoms with E-state index in [0.717, 1.165) is 5.69 Å². The van der Waals surface area contributed by atoms with Gasteiger partial charge in [-0.05, 0) is 31.4 Å². The highest BCUT2D eigenvalue weighted by Gasteiger charge is 2.40. The zero-order valence-corrected chi connectivity index (χ0v) is 15.6. The molecule has 25 heavy (non-hydrogen) atoms. The van der Waals surface area contributed by atoms with Gasteiger partial charge < -0.3 is 9.09 Å². The van der Waals surface area contributed by atoms with E-state index in [-0.39, 0.29) is 28.9 Å². The van der Waals surface area contributed by atoms with Gasteiger partial charge >= 0.3 is 0 Å². The lowest BCUT2D eigenvalue weighted by Gasteiger charge is -2.26. The number of pyridine rings is 1. The molecule has 9 heteroatoms. The zero-order valence-electron chi connectivity index (χ0n) is 14.8. The van der Waals surface area contributed by atoms with Crippen LogP contribution in [-0.2, 0) is 17.1 Å². The second-order valence-corrected chi connectivity index (χ2v) is 8.72. The third-order valence-electron chi connectivity index (χ3n) is 4.57. The molecule has 0 radical (unpaired) electrons. The molecule has 0 spiro atoms. The van der Waals surface area contributed by atoms with E-state index in [2.05, 4.69) is 10.1 Å². The monoisotopic (exact) mass is 366 g/mol. The van der Waals surface area contributed by atoms with Crippen LogP contribution in [0.2, 0.25) is 0 Å². The van der Waals surface area contributed by atoms with Gasteiger partial charge in [-0.2, -0.15) is 9.29 Å². The lowest BCUT2D eigenvalue weighted by molar-refractivity contribution is 0.214. The summed E-state index contributed by atoms with van der Waals surface area (Å²) in [6.45, 7) is 6.09. The van der Waals surface area contributed by atoms with Gasteiger partial charge in [-0.1, -0.05) is 19.0 Å². The maximum absolute atomic E-state index is 12.4. The second-order valence-electron chi connectivity index (χ2n) is 6.68. The largest absolute Gasteiger partial charge is 0.337 e. The summed E-state index contributed by atoms with van der Waals surface area (Å²) in [5, 5.41) is 3.92. The number of aryl methyl sites for hydroxylation is 1. The van der Waals surface area contributed by atoms with Crippen molar-refractivity contribution in [3.8, 4) is 11.4 Å². The topological polar surface area (TPSA) is 98.3 Å². The molecule has 2 aromatic heterocycles. The molecule has 1 aliphatic heterocycles.